The van der Waals surface area contributed by atoms with E-state index >= 15 is 0 Å². The predicted octanol–water partition coefficient (Wildman–Crippen LogP) is 2.71. The normalized spacial score (nSPS) is 11.6. The Bertz CT molecular complexity index is 1270. The average Bonchev–Trinajstić information content (AvgIpc) is 3.37. The Balaban J connectivity index is 1.73. The van der Waals surface area contributed by atoms with E-state index in [1.165, 1.54) is 14.2 Å². The van der Waals surface area contributed by atoms with Crippen molar-refractivity contribution in [2.24, 2.45) is 0 Å². The van der Waals surface area contributed by atoms with Gasteiger partial charge in [-0.15, -0.1) is 0 Å². The fourth-order valence-electron chi connectivity index (χ4n) is 3.41. The zero-order valence-corrected chi connectivity index (χ0v) is 17.5. The maximum absolute atomic E-state index is 13.2. The van der Waals surface area contributed by atoms with Crippen molar-refractivity contribution in [3.05, 3.63) is 66.4 Å². The lowest BCUT2D eigenvalue weighted by Gasteiger charge is -2.14. The second-order valence-corrected chi connectivity index (χ2v) is 8.30. The van der Waals surface area contributed by atoms with Gasteiger partial charge in [0, 0.05) is 18.6 Å². The Kier molecular flexibility index (Phi) is 5.08. The van der Waals surface area contributed by atoms with Crippen molar-refractivity contribution >= 4 is 21.4 Å². The van der Waals surface area contributed by atoms with Gasteiger partial charge in [0.05, 0.1) is 26.3 Å². The molecule has 0 aliphatic heterocycles. The van der Waals surface area contributed by atoms with Gasteiger partial charge in [-0.05, 0) is 36.2 Å². The summed E-state index contributed by atoms with van der Waals surface area (Å²) in [5, 5.41) is 4.22. The zero-order chi connectivity index (χ0) is 21.3. The molecule has 30 heavy (non-hydrogen) atoms. The van der Waals surface area contributed by atoms with Crippen LogP contribution in [0.4, 0.5) is 5.82 Å². The number of hydrogen-bond acceptors (Lipinski definition) is 6. The molecule has 0 saturated heterocycles. The number of anilines is 1. The molecule has 0 spiro atoms. The van der Waals surface area contributed by atoms with E-state index in [1.807, 2.05) is 36.1 Å². The van der Waals surface area contributed by atoms with Crippen LogP contribution in [-0.2, 0) is 16.6 Å². The van der Waals surface area contributed by atoms with Gasteiger partial charge in [0.2, 0.25) is 0 Å². The molecule has 0 aliphatic rings. The van der Waals surface area contributed by atoms with Crippen molar-refractivity contribution in [1.82, 2.24) is 19.2 Å². The Morgan fingerprint density at radius 1 is 1.13 bits per heavy atom. The van der Waals surface area contributed by atoms with Crippen LogP contribution in [0.15, 0.2) is 60.1 Å². The van der Waals surface area contributed by atoms with Crippen LogP contribution in [-0.4, -0.2) is 41.8 Å². The Morgan fingerprint density at radius 3 is 2.50 bits per heavy atom. The van der Waals surface area contributed by atoms with Gasteiger partial charge in [0.1, 0.15) is 17.8 Å². The van der Waals surface area contributed by atoms with Crippen LogP contribution in [0.1, 0.15) is 11.1 Å². The number of sulfonamides is 1. The third-order valence-electron chi connectivity index (χ3n) is 4.66. The maximum Gasteiger partial charge on any atom is 0.270 e. The number of pyridine rings is 1. The molecular weight excluding hydrogens is 406 g/mol. The van der Waals surface area contributed by atoms with Gasteiger partial charge < -0.3 is 13.9 Å². The lowest BCUT2D eigenvalue weighted by molar-refractivity contribution is 0.373. The first-order valence-electron chi connectivity index (χ1n) is 9.10. The summed E-state index contributed by atoms with van der Waals surface area (Å²) in [5.74, 6) is 0.596. The molecule has 1 N–H and O–H groups in total. The van der Waals surface area contributed by atoms with E-state index in [4.69, 9.17) is 9.47 Å². The second-order valence-electron chi connectivity index (χ2n) is 6.68. The summed E-state index contributed by atoms with van der Waals surface area (Å²) in [6, 6.07) is 8.64. The van der Waals surface area contributed by atoms with Crippen molar-refractivity contribution in [2.75, 3.05) is 18.9 Å². The number of methoxy groups -OCH3 is 2. The fraction of sp³-hybridized carbons (Fsp3) is 0.200. The molecule has 0 fully saturated rings. The van der Waals surface area contributed by atoms with E-state index in [-0.39, 0.29) is 22.2 Å². The number of ether oxygens (including phenoxy) is 2. The monoisotopic (exact) mass is 427 g/mol. The van der Waals surface area contributed by atoms with Crippen LogP contribution in [0, 0.1) is 6.92 Å². The van der Waals surface area contributed by atoms with E-state index in [2.05, 4.69) is 14.8 Å². The largest absolute Gasteiger partial charge is 0.495 e. The van der Waals surface area contributed by atoms with Gasteiger partial charge in [0.15, 0.2) is 10.7 Å². The Labute approximate surface area is 173 Å². The number of imidazole rings is 1. The molecule has 0 aliphatic carbocycles. The molecule has 0 amide bonds. The van der Waals surface area contributed by atoms with Crippen molar-refractivity contribution in [1.29, 1.82) is 0 Å². The molecule has 3 heterocycles. The summed E-state index contributed by atoms with van der Waals surface area (Å²) in [4.78, 5) is 4.21. The quantitative estimate of drug-likeness (QED) is 0.487. The second kappa shape index (κ2) is 7.71. The van der Waals surface area contributed by atoms with Crippen LogP contribution < -0.4 is 14.2 Å². The van der Waals surface area contributed by atoms with Crippen LogP contribution in [0.3, 0.4) is 0 Å². The van der Waals surface area contributed by atoms with Crippen molar-refractivity contribution < 1.29 is 17.9 Å². The van der Waals surface area contributed by atoms with Gasteiger partial charge in [-0.25, -0.2) is 13.4 Å². The van der Waals surface area contributed by atoms with Gasteiger partial charge >= 0.3 is 0 Å². The smallest absolute Gasteiger partial charge is 0.270 e. The first-order valence-corrected chi connectivity index (χ1v) is 10.6. The Morgan fingerprint density at radius 2 is 1.87 bits per heavy atom. The minimum absolute atomic E-state index is 0.0795. The lowest BCUT2D eigenvalue weighted by Crippen LogP contribution is -2.16. The molecule has 4 aromatic rings. The summed E-state index contributed by atoms with van der Waals surface area (Å²) in [5.41, 5.74) is 2.56. The molecule has 1 aromatic carbocycles. The summed E-state index contributed by atoms with van der Waals surface area (Å²) in [6.07, 6.45) is 7.08. The third-order valence-corrected chi connectivity index (χ3v) is 6.06. The molecular formula is C20H21N5O4S. The van der Waals surface area contributed by atoms with Gasteiger partial charge in [-0.2, -0.15) is 5.10 Å². The first kappa shape index (κ1) is 19.8. The molecule has 4 rings (SSSR count). The molecule has 0 atom stereocenters. The zero-order valence-electron chi connectivity index (χ0n) is 16.7. The summed E-state index contributed by atoms with van der Waals surface area (Å²) in [6.45, 7) is 2.51. The molecule has 0 unspecified atom stereocenters. The minimum atomic E-state index is -4.02. The third kappa shape index (κ3) is 3.57. The first-order chi connectivity index (χ1) is 14.4. The summed E-state index contributed by atoms with van der Waals surface area (Å²) < 4.78 is 43.0. The van der Waals surface area contributed by atoms with Crippen molar-refractivity contribution in [3.63, 3.8) is 0 Å². The number of hydrogen-bond donors (Lipinski definition) is 1. The molecule has 9 nitrogen and oxygen atoms in total. The van der Waals surface area contributed by atoms with Gasteiger partial charge in [-0.3, -0.25) is 9.40 Å². The molecule has 0 saturated carbocycles. The molecule has 0 radical (unpaired) electrons. The molecule has 156 valence electrons. The van der Waals surface area contributed by atoms with E-state index in [9.17, 15) is 8.42 Å². The van der Waals surface area contributed by atoms with Crippen molar-refractivity contribution in [3.8, 4) is 11.5 Å². The summed E-state index contributed by atoms with van der Waals surface area (Å²) in [7, 11) is -1.20. The lowest BCUT2D eigenvalue weighted by atomic mass is 10.2. The van der Waals surface area contributed by atoms with E-state index in [1.54, 1.807) is 35.1 Å². The van der Waals surface area contributed by atoms with Crippen LogP contribution in [0.25, 0.3) is 5.52 Å². The summed E-state index contributed by atoms with van der Waals surface area (Å²) >= 11 is 0. The van der Waals surface area contributed by atoms with Crippen molar-refractivity contribution in [2.45, 2.75) is 18.4 Å². The number of nitrogens with one attached hydrogen (secondary N) is 1. The standard InChI is InChI=1S/C20H21N5O4S/c1-14-10-15(12-25-9-5-8-22-25)11-24-13-21-20(18(14)24)23-30(26,27)19-16(28-2)6-4-7-17(19)29-3/h4-11,13,23H,12H2,1-3H3. The number of aromatic nitrogens is 4. The number of aryl methyl sites for hydroxylation is 1. The average molecular weight is 427 g/mol. The number of fused-ring (bicyclic) bond motifs is 1. The van der Waals surface area contributed by atoms with E-state index < -0.39 is 10.0 Å². The Hall–Kier alpha value is -3.53. The van der Waals surface area contributed by atoms with Crippen LogP contribution in [0.5, 0.6) is 11.5 Å². The van der Waals surface area contributed by atoms with Crippen LogP contribution in [0.2, 0.25) is 0 Å². The highest BCUT2D eigenvalue weighted by Crippen LogP contribution is 2.34. The highest BCUT2D eigenvalue weighted by molar-refractivity contribution is 7.93. The van der Waals surface area contributed by atoms with Crippen LogP contribution >= 0.6 is 0 Å². The highest BCUT2D eigenvalue weighted by atomic mass is 32.2. The van der Waals surface area contributed by atoms with E-state index in [0.29, 0.717) is 12.1 Å². The topological polar surface area (TPSA) is 99.7 Å². The SMILES string of the molecule is COc1cccc(OC)c1S(=O)(=O)Nc1ncn2cc(Cn3cccn3)cc(C)c12. The molecule has 10 heteroatoms. The van der Waals surface area contributed by atoms with Gasteiger partial charge in [0.25, 0.3) is 10.0 Å². The molecule has 0 bridgehead atoms. The fourth-order valence-corrected chi connectivity index (χ4v) is 4.75. The predicted molar refractivity (Wildman–Crippen MR) is 112 cm³/mol. The number of benzene rings is 1. The van der Waals surface area contributed by atoms with Gasteiger partial charge in [-0.1, -0.05) is 12.1 Å². The highest BCUT2D eigenvalue weighted by Gasteiger charge is 2.26. The minimum Gasteiger partial charge on any atom is -0.495 e. The maximum atomic E-state index is 13.2. The van der Waals surface area contributed by atoms with E-state index in [0.717, 1.165) is 11.1 Å². The number of rotatable bonds is 7. The molecule has 3 aromatic heterocycles. The number of nitrogens with zero attached hydrogens (tertiary/aromatic N) is 4.